The second kappa shape index (κ2) is 10.5. The largest absolute Gasteiger partial charge is 0.0619 e. The van der Waals surface area contributed by atoms with E-state index in [0.29, 0.717) is 0 Å². The molecule has 0 radical (unpaired) electrons. The number of fused-ring (bicyclic) bond motifs is 9. The summed E-state index contributed by atoms with van der Waals surface area (Å²) in [4.78, 5) is 0. The van der Waals surface area contributed by atoms with Gasteiger partial charge in [0.1, 0.15) is 0 Å². The van der Waals surface area contributed by atoms with Crippen LogP contribution in [0.3, 0.4) is 0 Å². The van der Waals surface area contributed by atoms with Crippen LogP contribution in [0.1, 0.15) is 76.3 Å². The van der Waals surface area contributed by atoms with Crippen LogP contribution in [0.15, 0.2) is 140 Å². The van der Waals surface area contributed by atoms with Crippen molar-refractivity contribution in [3.05, 3.63) is 167 Å². The summed E-state index contributed by atoms with van der Waals surface area (Å²) in [6.45, 7) is 16.5. The van der Waals surface area contributed by atoms with Gasteiger partial charge in [0.25, 0.3) is 0 Å². The Kier molecular flexibility index (Phi) is 6.17. The predicted molar refractivity (Wildman–Crippen MR) is 232 cm³/mol. The number of hydrogen-bond acceptors (Lipinski definition) is 0. The van der Waals surface area contributed by atoms with E-state index >= 15 is 0 Å². The molecule has 0 saturated carbocycles. The van der Waals surface area contributed by atoms with Gasteiger partial charge < -0.3 is 0 Å². The molecular formula is C54H44. The molecular weight excluding hydrogens is 649 g/mol. The first-order valence-corrected chi connectivity index (χ1v) is 19.6. The summed E-state index contributed by atoms with van der Waals surface area (Å²) < 4.78 is 0. The van der Waals surface area contributed by atoms with Crippen molar-refractivity contribution in [3.8, 4) is 44.5 Å². The highest BCUT2D eigenvalue weighted by Gasteiger charge is 2.37. The minimum absolute atomic E-state index is 0.0157. The van der Waals surface area contributed by atoms with Crippen LogP contribution >= 0.6 is 0 Å². The summed E-state index contributed by atoms with van der Waals surface area (Å²) >= 11 is 0. The molecule has 0 aliphatic heterocycles. The van der Waals surface area contributed by atoms with E-state index in [9.17, 15) is 0 Å². The molecule has 11 rings (SSSR count). The normalized spacial score (nSPS) is 15.2. The first-order chi connectivity index (χ1) is 25.9. The highest BCUT2D eigenvalue weighted by atomic mass is 14.4. The molecule has 0 heteroatoms. The maximum atomic E-state index is 2.49. The second-order valence-corrected chi connectivity index (χ2v) is 18.1. The van der Waals surface area contributed by atoms with Crippen molar-refractivity contribution in [3.63, 3.8) is 0 Å². The fourth-order valence-corrected chi connectivity index (χ4v) is 10.4. The van der Waals surface area contributed by atoms with Crippen molar-refractivity contribution in [1.82, 2.24) is 0 Å². The van der Waals surface area contributed by atoms with Crippen LogP contribution in [0.25, 0.3) is 87.6 Å². The van der Waals surface area contributed by atoms with E-state index < -0.39 is 0 Å². The van der Waals surface area contributed by atoms with E-state index in [1.54, 1.807) is 0 Å². The molecule has 260 valence electrons. The molecule has 0 bridgehead atoms. The zero-order valence-corrected chi connectivity index (χ0v) is 32.3. The number of benzene rings is 9. The third kappa shape index (κ3) is 4.15. The molecule has 0 heterocycles. The third-order valence-electron chi connectivity index (χ3n) is 13.4. The summed E-state index contributed by atoms with van der Waals surface area (Å²) in [6, 6.07) is 53.8. The molecule has 0 atom stereocenters. The molecule has 54 heavy (non-hydrogen) atoms. The van der Waals surface area contributed by atoms with E-state index in [1.807, 2.05) is 0 Å². The van der Waals surface area contributed by atoms with Gasteiger partial charge in [-0.2, -0.15) is 0 Å². The van der Waals surface area contributed by atoms with Gasteiger partial charge in [-0.05, 0) is 145 Å². The van der Waals surface area contributed by atoms with E-state index in [0.717, 1.165) is 0 Å². The van der Waals surface area contributed by atoms with Crippen molar-refractivity contribution in [2.45, 2.75) is 64.7 Å². The fourth-order valence-electron chi connectivity index (χ4n) is 10.4. The molecule has 9 aromatic rings. The van der Waals surface area contributed by atoms with Crippen LogP contribution in [0.5, 0.6) is 0 Å². The standard InChI is InChI=1S/C54H44/c1-52(2,3)35-26-34-19-23-43-36(24-25-44-37-12-8-9-13-38(37)45(30-35)50(34)51(43)44)33-18-22-42-41-21-17-32(28-48(41)54(6,7)49(42)29-33)31-16-20-40-39-14-10-11-15-46(39)53(4,5)47(40)27-31/h8-30H,1-7H3. The molecule has 0 spiro atoms. The lowest BCUT2D eigenvalue weighted by molar-refractivity contribution is 0.592. The Balaban J connectivity index is 1.04. The van der Waals surface area contributed by atoms with Gasteiger partial charge in [-0.25, -0.2) is 0 Å². The van der Waals surface area contributed by atoms with Gasteiger partial charge in [0.2, 0.25) is 0 Å². The zero-order chi connectivity index (χ0) is 36.9. The van der Waals surface area contributed by atoms with Crippen molar-refractivity contribution < 1.29 is 0 Å². The lowest BCUT2D eigenvalue weighted by atomic mass is 9.79. The smallest absolute Gasteiger partial charge is 0.0159 e. The quantitative estimate of drug-likeness (QED) is 0.125. The maximum absolute atomic E-state index is 2.49. The van der Waals surface area contributed by atoms with E-state index in [-0.39, 0.29) is 16.2 Å². The lowest BCUT2D eigenvalue weighted by Crippen LogP contribution is -2.15. The Bertz CT molecular complexity index is 3070. The summed E-state index contributed by atoms with van der Waals surface area (Å²) in [5, 5.41) is 10.8. The minimum atomic E-state index is -0.133. The van der Waals surface area contributed by atoms with Gasteiger partial charge in [0.15, 0.2) is 0 Å². The maximum Gasteiger partial charge on any atom is 0.0159 e. The molecule has 0 unspecified atom stereocenters. The molecule has 0 fully saturated rings. The molecule has 0 N–H and O–H groups in total. The second-order valence-electron chi connectivity index (χ2n) is 18.1. The van der Waals surface area contributed by atoms with Gasteiger partial charge in [0, 0.05) is 10.8 Å². The molecule has 9 aromatic carbocycles. The summed E-state index contributed by atoms with van der Waals surface area (Å²) in [5.41, 5.74) is 17.6. The van der Waals surface area contributed by atoms with Crippen LogP contribution in [0.2, 0.25) is 0 Å². The van der Waals surface area contributed by atoms with Gasteiger partial charge in [0.05, 0.1) is 0 Å². The highest BCUT2D eigenvalue weighted by Crippen LogP contribution is 2.53. The van der Waals surface area contributed by atoms with E-state index in [4.69, 9.17) is 0 Å². The molecule has 0 nitrogen and oxygen atoms in total. The monoisotopic (exact) mass is 692 g/mol. The molecule has 0 aromatic heterocycles. The highest BCUT2D eigenvalue weighted by molar-refractivity contribution is 6.35. The van der Waals surface area contributed by atoms with Gasteiger partial charge in [-0.15, -0.1) is 0 Å². The first-order valence-electron chi connectivity index (χ1n) is 19.6. The van der Waals surface area contributed by atoms with Crippen LogP contribution in [-0.2, 0) is 16.2 Å². The predicted octanol–water partition coefficient (Wildman–Crippen LogP) is 15.0. The molecule has 2 aliphatic carbocycles. The van der Waals surface area contributed by atoms with Crippen LogP contribution in [-0.4, -0.2) is 0 Å². The molecule has 0 amide bonds. The Morgan fingerprint density at radius 3 is 1.50 bits per heavy atom. The number of hydrogen-bond donors (Lipinski definition) is 0. The summed E-state index contributed by atoms with van der Waals surface area (Å²) in [6.07, 6.45) is 0. The zero-order valence-electron chi connectivity index (χ0n) is 32.3. The minimum Gasteiger partial charge on any atom is -0.0619 e. The topological polar surface area (TPSA) is 0 Å². The third-order valence-corrected chi connectivity index (χ3v) is 13.4. The Morgan fingerprint density at radius 2 is 0.852 bits per heavy atom. The fraction of sp³-hybridized carbons (Fsp3) is 0.185. The van der Waals surface area contributed by atoms with E-state index in [1.165, 1.54) is 115 Å². The van der Waals surface area contributed by atoms with Crippen LogP contribution < -0.4 is 0 Å². The molecule has 2 aliphatic rings. The molecule has 0 saturated heterocycles. The van der Waals surface area contributed by atoms with Crippen LogP contribution in [0.4, 0.5) is 0 Å². The van der Waals surface area contributed by atoms with Crippen molar-refractivity contribution in [1.29, 1.82) is 0 Å². The Morgan fingerprint density at radius 1 is 0.352 bits per heavy atom. The Hall–Kier alpha value is -5.72. The van der Waals surface area contributed by atoms with Gasteiger partial charge >= 0.3 is 0 Å². The van der Waals surface area contributed by atoms with Crippen molar-refractivity contribution >= 4 is 43.1 Å². The summed E-state index contributed by atoms with van der Waals surface area (Å²) in [5.74, 6) is 0. The summed E-state index contributed by atoms with van der Waals surface area (Å²) in [7, 11) is 0. The van der Waals surface area contributed by atoms with Crippen LogP contribution in [0, 0.1) is 0 Å². The van der Waals surface area contributed by atoms with E-state index in [2.05, 4.69) is 188 Å². The average molecular weight is 693 g/mol. The van der Waals surface area contributed by atoms with Gasteiger partial charge in [-0.3, -0.25) is 0 Å². The van der Waals surface area contributed by atoms with Crippen molar-refractivity contribution in [2.75, 3.05) is 0 Å². The number of rotatable bonds is 2. The SMILES string of the molecule is CC(C)(C)c1cc2ccc3c(-c4ccc5c(c4)C(C)(C)c4cc(-c6ccc7c(c6)C(C)(C)c6ccccc6-7)ccc4-5)ccc4c5ccccc5c(c1)c2c34. The van der Waals surface area contributed by atoms with Crippen molar-refractivity contribution in [2.24, 2.45) is 0 Å². The lowest BCUT2D eigenvalue weighted by Gasteiger charge is -2.24. The Labute approximate surface area is 318 Å². The first kappa shape index (κ1) is 31.8. The van der Waals surface area contributed by atoms with Gasteiger partial charge in [-0.1, -0.05) is 164 Å². The average Bonchev–Trinajstić information content (AvgIpc) is 3.55.